The molecule has 1 N–H and O–H groups in total. The second-order valence-corrected chi connectivity index (χ2v) is 6.83. The molecule has 0 bridgehead atoms. The van der Waals surface area contributed by atoms with Crippen LogP contribution in [0.25, 0.3) is 0 Å². The molecule has 1 aliphatic carbocycles. The van der Waals surface area contributed by atoms with Gasteiger partial charge in [0, 0.05) is 11.4 Å². The number of halogens is 1. The topological polar surface area (TPSA) is 57.6 Å². The molecule has 22 heavy (non-hydrogen) atoms. The molecule has 1 saturated heterocycles. The molecule has 1 aliphatic heterocycles. The lowest BCUT2D eigenvalue weighted by Gasteiger charge is -2.30. The number of β-amino-alcohol motifs (C(OH)–C–C–N with tert-alkyl or cyclic N) is 1. The van der Waals surface area contributed by atoms with E-state index in [1.807, 2.05) is 0 Å². The van der Waals surface area contributed by atoms with Crippen molar-refractivity contribution in [2.24, 2.45) is 5.41 Å². The lowest BCUT2D eigenvalue weighted by molar-refractivity contribution is -0.143. The average Bonchev–Trinajstić information content (AvgIpc) is 2.73. The predicted molar refractivity (Wildman–Crippen MR) is 83.3 cm³/mol. The SMILES string of the molecule is O=C1CC2(CCCCC2)C(=O)N1C[C@@H](O)c1ccc(Cl)cc1. The third-order valence-corrected chi connectivity index (χ3v) is 5.16. The van der Waals surface area contributed by atoms with Crippen LogP contribution in [0, 0.1) is 5.41 Å². The van der Waals surface area contributed by atoms with E-state index in [9.17, 15) is 14.7 Å². The minimum absolute atomic E-state index is 0.0288. The molecule has 1 spiro atoms. The molecule has 0 unspecified atom stereocenters. The molecule has 118 valence electrons. The maximum Gasteiger partial charge on any atom is 0.236 e. The first kappa shape index (κ1) is 15.5. The van der Waals surface area contributed by atoms with Gasteiger partial charge in [0.25, 0.3) is 0 Å². The maximum atomic E-state index is 12.7. The van der Waals surface area contributed by atoms with Crippen molar-refractivity contribution in [2.75, 3.05) is 6.54 Å². The number of hydrogen-bond donors (Lipinski definition) is 1. The first-order chi connectivity index (χ1) is 10.5. The first-order valence-electron chi connectivity index (χ1n) is 7.80. The summed E-state index contributed by atoms with van der Waals surface area (Å²) in [7, 11) is 0. The molecule has 3 rings (SSSR count). The number of aliphatic hydroxyl groups is 1. The van der Waals surface area contributed by atoms with Crippen LogP contribution < -0.4 is 0 Å². The highest BCUT2D eigenvalue weighted by atomic mass is 35.5. The van der Waals surface area contributed by atoms with E-state index >= 15 is 0 Å². The summed E-state index contributed by atoms with van der Waals surface area (Å²) in [6.07, 6.45) is 4.18. The van der Waals surface area contributed by atoms with E-state index in [0.29, 0.717) is 17.0 Å². The maximum absolute atomic E-state index is 12.7. The zero-order valence-electron chi connectivity index (χ0n) is 12.4. The van der Waals surface area contributed by atoms with E-state index in [0.717, 1.165) is 32.1 Å². The Hall–Kier alpha value is -1.39. The number of aliphatic hydroxyl groups excluding tert-OH is 1. The molecule has 1 heterocycles. The van der Waals surface area contributed by atoms with Gasteiger partial charge >= 0.3 is 0 Å². The number of imide groups is 1. The van der Waals surface area contributed by atoms with Gasteiger partial charge in [-0.2, -0.15) is 0 Å². The van der Waals surface area contributed by atoms with Gasteiger partial charge < -0.3 is 5.11 Å². The van der Waals surface area contributed by atoms with Crippen LogP contribution in [0.5, 0.6) is 0 Å². The fourth-order valence-corrected chi connectivity index (χ4v) is 3.75. The quantitative estimate of drug-likeness (QED) is 0.870. The lowest BCUT2D eigenvalue weighted by atomic mass is 9.73. The lowest BCUT2D eigenvalue weighted by Crippen LogP contribution is -2.39. The Bertz CT molecular complexity index is 578. The molecular formula is C17H20ClNO3. The van der Waals surface area contributed by atoms with Gasteiger partial charge in [-0.05, 0) is 30.5 Å². The number of rotatable bonds is 3. The van der Waals surface area contributed by atoms with Crippen LogP contribution in [0.15, 0.2) is 24.3 Å². The number of carbonyl (C=O) groups is 2. The molecule has 0 radical (unpaired) electrons. The molecule has 1 saturated carbocycles. The molecule has 2 amide bonds. The summed E-state index contributed by atoms with van der Waals surface area (Å²) in [5.41, 5.74) is 0.171. The van der Waals surface area contributed by atoms with Crippen LogP contribution in [0.1, 0.15) is 50.2 Å². The molecule has 1 aromatic carbocycles. The Morgan fingerprint density at radius 2 is 1.77 bits per heavy atom. The van der Waals surface area contributed by atoms with Crippen molar-refractivity contribution in [3.05, 3.63) is 34.9 Å². The summed E-state index contributed by atoms with van der Waals surface area (Å²) in [4.78, 5) is 26.2. The second kappa shape index (κ2) is 6.01. The average molecular weight is 322 g/mol. The number of amides is 2. The third kappa shape index (κ3) is 2.77. The number of hydrogen-bond acceptors (Lipinski definition) is 3. The van der Waals surface area contributed by atoms with E-state index in [-0.39, 0.29) is 18.4 Å². The van der Waals surface area contributed by atoms with Gasteiger partial charge in [0.1, 0.15) is 0 Å². The molecular weight excluding hydrogens is 302 g/mol. The number of benzene rings is 1. The van der Waals surface area contributed by atoms with Crippen molar-refractivity contribution >= 4 is 23.4 Å². The van der Waals surface area contributed by atoms with Crippen molar-refractivity contribution in [3.63, 3.8) is 0 Å². The Kier molecular flexibility index (Phi) is 4.24. The molecule has 4 nitrogen and oxygen atoms in total. The molecule has 5 heteroatoms. The molecule has 2 fully saturated rings. The molecule has 1 atom stereocenters. The zero-order valence-corrected chi connectivity index (χ0v) is 13.2. The molecule has 1 aromatic rings. The van der Waals surface area contributed by atoms with Crippen LogP contribution in [-0.4, -0.2) is 28.4 Å². The zero-order chi connectivity index (χ0) is 15.7. The summed E-state index contributed by atoms with van der Waals surface area (Å²) in [6.45, 7) is 0.0288. The Morgan fingerprint density at radius 1 is 1.14 bits per heavy atom. The monoisotopic (exact) mass is 321 g/mol. The van der Waals surface area contributed by atoms with Gasteiger partial charge in [0.15, 0.2) is 0 Å². The summed E-state index contributed by atoms with van der Waals surface area (Å²) in [5.74, 6) is -0.245. The van der Waals surface area contributed by atoms with Crippen molar-refractivity contribution in [1.82, 2.24) is 4.90 Å². The summed E-state index contributed by atoms with van der Waals surface area (Å²) >= 11 is 5.83. The highest BCUT2D eigenvalue weighted by Gasteiger charge is 2.51. The predicted octanol–water partition coefficient (Wildman–Crippen LogP) is 3.08. The Labute approximate surface area is 135 Å². The highest BCUT2D eigenvalue weighted by molar-refractivity contribution is 6.30. The van der Waals surface area contributed by atoms with E-state index in [1.165, 1.54) is 4.90 Å². The number of nitrogens with zero attached hydrogens (tertiary/aromatic N) is 1. The highest BCUT2D eigenvalue weighted by Crippen LogP contribution is 2.45. The summed E-state index contributed by atoms with van der Waals surface area (Å²) < 4.78 is 0. The third-order valence-electron chi connectivity index (χ3n) is 4.91. The summed E-state index contributed by atoms with van der Waals surface area (Å²) in [6, 6.07) is 6.82. The number of carbonyl (C=O) groups excluding carboxylic acids is 2. The molecule has 0 aromatic heterocycles. The normalized spacial score (nSPS) is 22.4. The standard InChI is InChI=1S/C17H20ClNO3/c18-13-6-4-12(5-7-13)14(20)11-19-15(21)10-17(16(19)22)8-2-1-3-9-17/h4-7,14,20H,1-3,8-11H2/t14-/m1/s1. The fraction of sp³-hybridized carbons (Fsp3) is 0.529. The van der Waals surface area contributed by atoms with E-state index in [1.54, 1.807) is 24.3 Å². The van der Waals surface area contributed by atoms with Crippen molar-refractivity contribution in [1.29, 1.82) is 0 Å². The van der Waals surface area contributed by atoms with E-state index in [4.69, 9.17) is 11.6 Å². The smallest absolute Gasteiger partial charge is 0.236 e. The van der Waals surface area contributed by atoms with E-state index < -0.39 is 11.5 Å². The fourth-order valence-electron chi connectivity index (χ4n) is 3.63. The Balaban J connectivity index is 1.73. The van der Waals surface area contributed by atoms with Gasteiger partial charge in [-0.1, -0.05) is 43.0 Å². The number of likely N-dealkylation sites (tertiary alicyclic amines) is 1. The van der Waals surface area contributed by atoms with Gasteiger partial charge in [-0.3, -0.25) is 14.5 Å². The second-order valence-electron chi connectivity index (χ2n) is 6.39. The van der Waals surface area contributed by atoms with Gasteiger partial charge in [-0.15, -0.1) is 0 Å². The van der Waals surface area contributed by atoms with Gasteiger partial charge in [0.2, 0.25) is 11.8 Å². The van der Waals surface area contributed by atoms with Crippen molar-refractivity contribution < 1.29 is 14.7 Å². The van der Waals surface area contributed by atoms with Crippen LogP contribution in [0.2, 0.25) is 5.02 Å². The van der Waals surface area contributed by atoms with Gasteiger partial charge in [0.05, 0.1) is 18.1 Å². The van der Waals surface area contributed by atoms with Crippen LogP contribution in [0.4, 0.5) is 0 Å². The van der Waals surface area contributed by atoms with Crippen molar-refractivity contribution in [3.8, 4) is 0 Å². The van der Waals surface area contributed by atoms with Crippen molar-refractivity contribution in [2.45, 2.75) is 44.6 Å². The summed E-state index contributed by atoms with van der Waals surface area (Å²) in [5, 5.41) is 10.9. The van der Waals surface area contributed by atoms with Crippen LogP contribution >= 0.6 is 11.6 Å². The molecule has 2 aliphatic rings. The Morgan fingerprint density at radius 3 is 2.41 bits per heavy atom. The van der Waals surface area contributed by atoms with E-state index in [2.05, 4.69) is 0 Å². The van der Waals surface area contributed by atoms with Gasteiger partial charge in [-0.25, -0.2) is 0 Å². The first-order valence-corrected chi connectivity index (χ1v) is 8.18. The largest absolute Gasteiger partial charge is 0.387 e. The minimum atomic E-state index is -0.871. The minimum Gasteiger partial charge on any atom is -0.387 e. The van der Waals surface area contributed by atoms with Crippen LogP contribution in [0.3, 0.4) is 0 Å². The van der Waals surface area contributed by atoms with Crippen LogP contribution in [-0.2, 0) is 9.59 Å².